The number of aromatic nitrogens is 3. The first-order chi connectivity index (χ1) is 55.8. The summed E-state index contributed by atoms with van der Waals surface area (Å²) in [7, 11) is 2.24. The summed E-state index contributed by atoms with van der Waals surface area (Å²) in [5.41, 5.74) is 36.4. The van der Waals surface area contributed by atoms with E-state index in [1.54, 1.807) is 22.3 Å². The zero-order valence-corrected chi connectivity index (χ0v) is 71.1. The summed E-state index contributed by atoms with van der Waals surface area (Å²) in [4.78, 5) is 0. The van der Waals surface area contributed by atoms with Crippen LogP contribution in [0.15, 0.2) is 200 Å². The highest BCUT2D eigenvalue weighted by Gasteiger charge is 2.24. The maximum Gasteiger partial charge on any atom is 0.119 e. The number of aryl methyl sites for hydroxylation is 9. The monoisotopic (exact) mass is 1510 g/mol. The molecule has 114 heavy (non-hydrogen) atoms. The van der Waals surface area contributed by atoms with Crippen molar-refractivity contribution in [1.82, 2.24) is 13.7 Å². The third-order valence-corrected chi connectivity index (χ3v) is 26.5. The highest BCUT2D eigenvalue weighted by molar-refractivity contribution is 6.12. The van der Waals surface area contributed by atoms with Crippen molar-refractivity contribution in [2.24, 2.45) is 18.9 Å². The van der Waals surface area contributed by atoms with Crippen molar-refractivity contribution in [1.29, 1.82) is 0 Å². The van der Waals surface area contributed by atoms with Gasteiger partial charge in [-0.3, -0.25) is 0 Å². The molecular formula is C110H129N3O. The molecule has 0 spiro atoms. The minimum atomic E-state index is 0.749. The molecule has 0 amide bonds. The number of rotatable bonds is 26. The van der Waals surface area contributed by atoms with Gasteiger partial charge in [-0.2, -0.15) is 0 Å². The van der Waals surface area contributed by atoms with Crippen molar-refractivity contribution >= 4 is 65.4 Å². The fraction of sp³-hybridized carbons (Fsp3) is 0.400. The van der Waals surface area contributed by atoms with Crippen LogP contribution < -0.4 is 4.74 Å². The van der Waals surface area contributed by atoms with Crippen molar-refractivity contribution in [2.75, 3.05) is 6.61 Å². The predicted molar refractivity (Wildman–Crippen MR) is 494 cm³/mol. The average Bonchev–Trinajstić information content (AvgIpc) is 1.59. The van der Waals surface area contributed by atoms with Crippen molar-refractivity contribution in [3.05, 3.63) is 267 Å². The van der Waals surface area contributed by atoms with Crippen molar-refractivity contribution in [3.63, 3.8) is 0 Å². The lowest BCUT2D eigenvalue weighted by molar-refractivity contribution is 0.317. The third kappa shape index (κ3) is 18.0. The normalized spacial score (nSPS) is 14.1. The Morgan fingerprint density at radius 1 is 0.316 bits per heavy atom. The van der Waals surface area contributed by atoms with Gasteiger partial charge in [0, 0.05) is 61.8 Å². The number of benzene rings is 11. The summed E-state index contributed by atoms with van der Waals surface area (Å²) in [5, 5.41) is 8.04. The molecule has 4 heteroatoms. The smallest absolute Gasteiger partial charge is 0.119 e. The molecule has 11 aromatic carbocycles. The fourth-order valence-electron chi connectivity index (χ4n) is 20.1. The first-order valence-corrected chi connectivity index (χ1v) is 45.1. The lowest BCUT2D eigenvalue weighted by Crippen LogP contribution is -2.12. The van der Waals surface area contributed by atoms with Gasteiger partial charge in [-0.05, 0) is 304 Å². The quantitative estimate of drug-likeness (QED) is 0.0496. The molecule has 3 aliphatic carbocycles. The van der Waals surface area contributed by atoms with Gasteiger partial charge in [0.2, 0.25) is 0 Å². The number of hydrogen-bond donors (Lipinski definition) is 0. The molecule has 0 unspecified atom stereocenters. The Hall–Kier alpha value is -9.38. The van der Waals surface area contributed by atoms with Gasteiger partial charge in [-0.25, -0.2) is 0 Å². The van der Waals surface area contributed by atoms with Crippen LogP contribution in [0.1, 0.15) is 248 Å². The number of unbranched alkanes of at least 4 members (excludes halogenated alkanes) is 10. The van der Waals surface area contributed by atoms with E-state index in [1.807, 2.05) is 0 Å². The molecule has 0 saturated heterocycles. The van der Waals surface area contributed by atoms with Crippen LogP contribution in [-0.2, 0) is 45.6 Å². The van der Waals surface area contributed by atoms with E-state index in [2.05, 4.69) is 283 Å². The summed E-state index contributed by atoms with van der Waals surface area (Å²) >= 11 is 0. The number of nitrogens with zero attached hydrogens (tertiary/aromatic N) is 3. The van der Waals surface area contributed by atoms with E-state index in [4.69, 9.17) is 4.74 Å². The Labute approximate surface area is 683 Å². The Kier molecular flexibility index (Phi) is 26.2. The highest BCUT2D eigenvalue weighted by Crippen LogP contribution is 2.44. The lowest BCUT2D eigenvalue weighted by Gasteiger charge is -2.26. The summed E-state index contributed by atoms with van der Waals surface area (Å²) < 4.78 is 13.1. The first-order valence-electron chi connectivity index (χ1n) is 45.1. The highest BCUT2D eigenvalue weighted by atomic mass is 16.5. The van der Waals surface area contributed by atoms with Crippen LogP contribution in [0.2, 0.25) is 0 Å². The third-order valence-electron chi connectivity index (χ3n) is 26.5. The average molecular weight is 1510 g/mol. The van der Waals surface area contributed by atoms with E-state index in [1.165, 1.54) is 342 Å². The van der Waals surface area contributed by atoms with E-state index in [0.717, 1.165) is 36.3 Å². The van der Waals surface area contributed by atoms with Crippen molar-refractivity contribution in [2.45, 2.75) is 261 Å². The van der Waals surface area contributed by atoms with Crippen LogP contribution in [0.3, 0.4) is 0 Å². The number of para-hydroxylation sites is 1. The van der Waals surface area contributed by atoms with E-state index in [9.17, 15) is 0 Å². The van der Waals surface area contributed by atoms with Gasteiger partial charge >= 0.3 is 0 Å². The second-order valence-corrected chi connectivity index (χ2v) is 35.1. The molecule has 3 aromatic heterocycles. The van der Waals surface area contributed by atoms with Gasteiger partial charge in [0.1, 0.15) is 5.75 Å². The Morgan fingerprint density at radius 2 is 0.781 bits per heavy atom. The molecule has 0 radical (unpaired) electrons. The lowest BCUT2D eigenvalue weighted by atomic mass is 9.80. The summed E-state index contributed by atoms with van der Waals surface area (Å²) in [6, 6.07) is 76.5. The van der Waals surface area contributed by atoms with E-state index >= 15 is 0 Å². The fourth-order valence-corrected chi connectivity index (χ4v) is 20.1. The van der Waals surface area contributed by atoms with Crippen LogP contribution in [-0.4, -0.2) is 20.3 Å². The van der Waals surface area contributed by atoms with Crippen LogP contribution in [0.4, 0.5) is 0 Å². The van der Waals surface area contributed by atoms with Gasteiger partial charge in [0.15, 0.2) is 0 Å². The molecule has 2 fully saturated rings. The second kappa shape index (κ2) is 37.5. The van der Waals surface area contributed by atoms with Crippen LogP contribution in [0, 0.1) is 53.4 Å². The molecule has 4 nitrogen and oxygen atoms in total. The van der Waals surface area contributed by atoms with Gasteiger partial charge in [-0.1, -0.05) is 270 Å². The largest absolute Gasteiger partial charge is 0.494 e. The summed E-state index contributed by atoms with van der Waals surface area (Å²) in [6.07, 6.45) is 41.2. The standard InChI is InChI=1S/C42H53N.C35H43N.C33H33NO/c1-5-7-9-11-13-16-20-34-30-40(35(29-33(34)4)21-17-14-12-10-8-6-2)36-25-27-39-38-26-24-32(3)28-41(38)43(42(39)31-36)37-22-18-15-19-23-37;1-24-14-16-31-32-17-15-28(23-35(32)36(3)34(31)18-24)33-22-29(20-26-10-6-4-7-11-26)25(2)19-30(33)21-27-12-8-5-9-13-27;1-4-19-35-26-14-12-25(13-15-26)34-32-17-9-22(2)20-30(32)31-21-24(11-18-33(31)34)28-16-10-23(3)27-7-5-6-8-29(27)28/h15,18-19,22-31H,5-14,16-17,20-21H2,1-4H3;14-19,22-23,26-27H,4-13,20-21H2,1-3H3;9-18,20-21H,4-8,19H2,1-3H3. The summed E-state index contributed by atoms with van der Waals surface area (Å²) in [5.74, 6) is 2.66. The number of ether oxygens (including phenoxy) is 1. The van der Waals surface area contributed by atoms with E-state index in [0.29, 0.717) is 0 Å². The molecule has 14 aromatic rings. The zero-order chi connectivity index (χ0) is 78.6. The molecule has 17 rings (SSSR count). The van der Waals surface area contributed by atoms with E-state index in [-0.39, 0.29) is 0 Å². The predicted octanol–water partition coefficient (Wildman–Crippen LogP) is 31.5. The van der Waals surface area contributed by atoms with Crippen molar-refractivity contribution < 1.29 is 4.74 Å². The van der Waals surface area contributed by atoms with Gasteiger partial charge in [0.25, 0.3) is 0 Å². The number of fused-ring (bicyclic) bond motifs is 10. The van der Waals surface area contributed by atoms with Crippen LogP contribution in [0.25, 0.3) is 110 Å². The Balaban J connectivity index is 0.000000136. The minimum absolute atomic E-state index is 0.749. The first kappa shape index (κ1) is 79.8. The van der Waals surface area contributed by atoms with Crippen LogP contribution >= 0.6 is 0 Å². The van der Waals surface area contributed by atoms with Gasteiger partial charge in [-0.15, -0.1) is 0 Å². The molecule has 590 valence electrons. The van der Waals surface area contributed by atoms with Gasteiger partial charge in [0.05, 0.1) is 28.7 Å². The van der Waals surface area contributed by atoms with Crippen molar-refractivity contribution in [3.8, 4) is 50.5 Å². The molecule has 2 saturated carbocycles. The van der Waals surface area contributed by atoms with Crippen LogP contribution in [0.5, 0.6) is 5.75 Å². The Morgan fingerprint density at radius 3 is 1.43 bits per heavy atom. The minimum Gasteiger partial charge on any atom is -0.494 e. The Bertz CT molecular complexity index is 5620. The van der Waals surface area contributed by atoms with Gasteiger partial charge < -0.3 is 18.4 Å². The maximum absolute atomic E-state index is 5.83. The maximum atomic E-state index is 5.83. The molecule has 0 N–H and O–H groups in total. The SMILES string of the molecule is CCCCCCCCc1cc(-c2ccc3c4ccc(C)cc4n(-c4ccccc4)c3c2)c(CCCCCCCC)cc1C.CCCOc1ccc(-n2c3ccc(C)cc3c3cc(-c4ccc(C)c5c4CCCC5)ccc32)cc1.Cc1ccc2c3ccc(-c4cc(CC5CCCCC5)c(C)cc4CC4CCCCC4)cc3n(C)c2c1. The number of hydrogen-bond acceptors (Lipinski definition) is 1. The van der Waals surface area contributed by atoms with E-state index < -0.39 is 0 Å². The molecular weight excluding hydrogens is 1380 g/mol. The topological polar surface area (TPSA) is 24.0 Å². The molecule has 0 aliphatic heterocycles. The zero-order valence-electron chi connectivity index (χ0n) is 71.1. The molecule has 0 atom stereocenters. The molecule has 0 bridgehead atoms. The summed E-state index contributed by atoms with van der Waals surface area (Å²) in [6.45, 7) is 21.1. The molecule has 3 aliphatic rings. The second-order valence-electron chi connectivity index (χ2n) is 35.1. The molecule has 3 heterocycles.